The number of ether oxygens (including phenoxy) is 1. The standard InChI is InChI=1S/C17H22N4O2/c1-12-4-5-16(23-3)15(10-12)21-8-6-14(19-21)17(22)20-9-7-18-13(2)11-20/h4-6,8,10,13,18H,7,9,11H2,1-3H3/t13-/m1/s1. The van der Waals surface area contributed by atoms with Crippen LogP contribution >= 0.6 is 0 Å². The average molecular weight is 314 g/mol. The first-order valence-corrected chi connectivity index (χ1v) is 7.82. The Morgan fingerprint density at radius 3 is 2.96 bits per heavy atom. The molecule has 0 aliphatic carbocycles. The lowest BCUT2D eigenvalue weighted by molar-refractivity contribution is 0.0702. The number of piperazine rings is 1. The SMILES string of the molecule is COc1ccc(C)cc1-n1ccc(C(=O)N2CCN[C@H](C)C2)n1. The van der Waals surface area contributed by atoms with Gasteiger partial charge in [0.05, 0.1) is 7.11 Å². The van der Waals surface area contributed by atoms with Gasteiger partial charge in [0.25, 0.3) is 5.91 Å². The van der Waals surface area contributed by atoms with Crippen molar-refractivity contribution in [3.05, 3.63) is 41.7 Å². The second kappa shape index (κ2) is 6.42. The van der Waals surface area contributed by atoms with Gasteiger partial charge in [-0.1, -0.05) is 6.07 Å². The zero-order valence-corrected chi connectivity index (χ0v) is 13.7. The summed E-state index contributed by atoms with van der Waals surface area (Å²) in [5.41, 5.74) is 2.41. The van der Waals surface area contributed by atoms with Crippen LogP contribution in [0.2, 0.25) is 0 Å². The summed E-state index contributed by atoms with van der Waals surface area (Å²) in [4.78, 5) is 14.5. The minimum Gasteiger partial charge on any atom is -0.494 e. The summed E-state index contributed by atoms with van der Waals surface area (Å²) in [6.07, 6.45) is 1.80. The third-order valence-corrected chi connectivity index (χ3v) is 4.05. The van der Waals surface area contributed by atoms with Gasteiger partial charge in [-0.3, -0.25) is 4.79 Å². The number of hydrogen-bond donors (Lipinski definition) is 1. The highest BCUT2D eigenvalue weighted by molar-refractivity contribution is 5.92. The molecule has 6 heteroatoms. The van der Waals surface area contributed by atoms with Crippen molar-refractivity contribution in [3.63, 3.8) is 0 Å². The second-order valence-electron chi connectivity index (χ2n) is 5.93. The molecule has 1 aromatic carbocycles. The topological polar surface area (TPSA) is 59.4 Å². The molecule has 1 aliphatic rings. The van der Waals surface area contributed by atoms with E-state index in [4.69, 9.17) is 4.74 Å². The molecule has 0 saturated carbocycles. The molecule has 1 fully saturated rings. The van der Waals surface area contributed by atoms with E-state index in [1.165, 1.54) is 0 Å². The van der Waals surface area contributed by atoms with Gasteiger partial charge in [-0.15, -0.1) is 0 Å². The highest BCUT2D eigenvalue weighted by Gasteiger charge is 2.23. The molecular weight excluding hydrogens is 292 g/mol. The Morgan fingerprint density at radius 2 is 2.22 bits per heavy atom. The average Bonchev–Trinajstić information content (AvgIpc) is 3.04. The molecular formula is C17H22N4O2. The van der Waals surface area contributed by atoms with Gasteiger partial charge in [-0.25, -0.2) is 4.68 Å². The highest BCUT2D eigenvalue weighted by atomic mass is 16.5. The molecule has 0 radical (unpaired) electrons. The first-order chi connectivity index (χ1) is 11.1. The fourth-order valence-electron chi connectivity index (χ4n) is 2.83. The summed E-state index contributed by atoms with van der Waals surface area (Å²) >= 11 is 0. The van der Waals surface area contributed by atoms with Crippen molar-refractivity contribution in [3.8, 4) is 11.4 Å². The van der Waals surface area contributed by atoms with E-state index in [-0.39, 0.29) is 5.91 Å². The molecule has 2 aromatic rings. The van der Waals surface area contributed by atoms with E-state index < -0.39 is 0 Å². The zero-order valence-electron chi connectivity index (χ0n) is 13.7. The van der Waals surface area contributed by atoms with Crippen LogP contribution in [0.5, 0.6) is 5.75 Å². The number of carbonyl (C=O) groups is 1. The van der Waals surface area contributed by atoms with E-state index in [2.05, 4.69) is 17.3 Å². The van der Waals surface area contributed by atoms with Gasteiger partial charge in [-0.05, 0) is 37.6 Å². The van der Waals surface area contributed by atoms with Gasteiger partial charge in [0.1, 0.15) is 11.4 Å². The van der Waals surface area contributed by atoms with Crippen LogP contribution in [-0.2, 0) is 0 Å². The predicted molar refractivity (Wildman–Crippen MR) is 88.2 cm³/mol. The summed E-state index contributed by atoms with van der Waals surface area (Å²) in [7, 11) is 1.63. The van der Waals surface area contributed by atoms with Gasteiger partial charge in [0, 0.05) is 31.9 Å². The van der Waals surface area contributed by atoms with E-state index in [0.717, 1.165) is 23.5 Å². The summed E-state index contributed by atoms with van der Waals surface area (Å²) in [6.45, 7) is 6.33. The Kier molecular flexibility index (Phi) is 4.34. The Bertz CT molecular complexity index is 710. The van der Waals surface area contributed by atoms with E-state index in [9.17, 15) is 4.79 Å². The molecule has 1 aliphatic heterocycles. The molecule has 23 heavy (non-hydrogen) atoms. The highest BCUT2D eigenvalue weighted by Crippen LogP contribution is 2.23. The van der Waals surface area contributed by atoms with Crippen molar-refractivity contribution in [1.29, 1.82) is 0 Å². The maximum atomic E-state index is 12.6. The normalized spacial score (nSPS) is 18.0. The van der Waals surface area contributed by atoms with Crippen molar-refractivity contribution in [2.24, 2.45) is 0 Å². The van der Waals surface area contributed by atoms with E-state index in [1.807, 2.05) is 30.0 Å². The van der Waals surface area contributed by atoms with Crippen LogP contribution < -0.4 is 10.1 Å². The number of amides is 1. The summed E-state index contributed by atoms with van der Waals surface area (Å²) < 4.78 is 7.09. The molecule has 1 N–H and O–H groups in total. The molecule has 0 spiro atoms. The quantitative estimate of drug-likeness (QED) is 0.935. The van der Waals surface area contributed by atoms with E-state index in [0.29, 0.717) is 24.8 Å². The molecule has 1 aromatic heterocycles. The van der Waals surface area contributed by atoms with Crippen molar-refractivity contribution in [2.75, 3.05) is 26.7 Å². The van der Waals surface area contributed by atoms with Crippen LogP contribution in [0.15, 0.2) is 30.5 Å². The zero-order chi connectivity index (χ0) is 16.4. The number of nitrogens with zero attached hydrogens (tertiary/aromatic N) is 3. The van der Waals surface area contributed by atoms with Crippen LogP contribution in [0.3, 0.4) is 0 Å². The lowest BCUT2D eigenvalue weighted by Crippen LogP contribution is -2.51. The first-order valence-electron chi connectivity index (χ1n) is 7.82. The summed E-state index contributed by atoms with van der Waals surface area (Å²) in [5, 5.41) is 7.79. The van der Waals surface area contributed by atoms with Crippen LogP contribution in [-0.4, -0.2) is 53.4 Å². The number of benzene rings is 1. The number of rotatable bonds is 3. The minimum atomic E-state index is -0.0243. The molecule has 1 amide bonds. The van der Waals surface area contributed by atoms with Crippen LogP contribution in [0.4, 0.5) is 0 Å². The van der Waals surface area contributed by atoms with Crippen LogP contribution in [0.1, 0.15) is 23.0 Å². The fraction of sp³-hybridized carbons (Fsp3) is 0.412. The maximum Gasteiger partial charge on any atom is 0.274 e. The molecule has 6 nitrogen and oxygen atoms in total. The third-order valence-electron chi connectivity index (χ3n) is 4.05. The largest absolute Gasteiger partial charge is 0.494 e. The van der Waals surface area contributed by atoms with Crippen molar-refractivity contribution in [2.45, 2.75) is 19.9 Å². The molecule has 0 unspecified atom stereocenters. The van der Waals surface area contributed by atoms with Gasteiger partial charge in [0.2, 0.25) is 0 Å². The third kappa shape index (κ3) is 3.22. The number of nitrogens with one attached hydrogen (secondary N) is 1. The molecule has 0 bridgehead atoms. The Morgan fingerprint density at radius 1 is 1.39 bits per heavy atom. The van der Waals surface area contributed by atoms with Crippen LogP contribution in [0, 0.1) is 6.92 Å². The Hall–Kier alpha value is -2.34. The lowest BCUT2D eigenvalue weighted by Gasteiger charge is -2.31. The van der Waals surface area contributed by atoms with Crippen LogP contribution in [0.25, 0.3) is 5.69 Å². The summed E-state index contributed by atoms with van der Waals surface area (Å²) in [6, 6.07) is 7.96. The van der Waals surface area contributed by atoms with Crippen molar-refractivity contribution in [1.82, 2.24) is 20.0 Å². The van der Waals surface area contributed by atoms with Gasteiger partial charge < -0.3 is 15.0 Å². The minimum absolute atomic E-state index is 0.0243. The lowest BCUT2D eigenvalue weighted by atomic mass is 10.2. The number of carbonyl (C=O) groups excluding carboxylic acids is 1. The smallest absolute Gasteiger partial charge is 0.274 e. The number of hydrogen-bond acceptors (Lipinski definition) is 4. The maximum absolute atomic E-state index is 12.6. The van der Waals surface area contributed by atoms with E-state index in [1.54, 1.807) is 24.1 Å². The van der Waals surface area contributed by atoms with Gasteiger partial charge in [-0.2, -0.15) is 5.10 Å². The second-order valence-corrected chi connectivity index (χ2v) is 5.93. The fourth-order valence-corrected chi connectivity index (χ4v) is 2.83. The molecule has 122 valence electrons. The molecule has 1 atom stereocenters. The van der Waals surface area contributed by atoms with Crippen molar-refractivity contribution < 1.29 is 9.53 Å². The molecule has 2 heterocycles. The Balaban J connectivity index is 1.86. The Labute approximate surface area is 136 Å². The number of aryl methyl sites for hydroxylation is 1. The molecule has 1 saturated heterocycles. The predicted octanol–water partition coefficient (Wildman–Crippen LogP) is 1.62. The first kappa shape index (κ1) is 15.6. The van der Waals surface area contributed by atoms with E-state index >= 15 is 0 Å². The number of methoxy groups -OCH3 is 1. The monoisotopic (exact) mass is 314 g/mol. The molecule has 3 rings (SSSR count). The number of aromatic nitrogens is 2. The van der Waals surface area contributed by atoms with Gasteiger partial charge in [0.15, 0.2) is 5.69 Å². The summed E-state index contributed by atoms with van der Waals surface area (Å²) in [5.74, 6) is 0.706. The van der Waals surface area contributed by atoms with Crippen molar-refractivity contribution >= 4 is 5.91 Å². The van der Waals surface area contributed by atoms with Gasteiger partial charge >= 0.3 is 0 Å².